The van der Waals surface area contributed by atoms with Gasteiger partial charge >= 0.3 is 0 Å². The number of carbonyl (C=O) groups excluding carboxylic acids is 1. The first-order valence-electron chi connectivity index (χ1n) is 13.9. The lowest BCUT2D eigenvalue weighted by molar-refractivity contribution is -0.384. The zero-order chi connectivity index (χ0) is 30.1. The van der Waals surface area contributed by atoms with Gasteiger partial charge in [0, 0.05) is 67.7 Å². The Morgan fingerprint density at radius 2 is 1.81 bits per heavy atom. The number of thiazole rings is 1. The van der Waals surface area contributed by atoms with Crippen molar-refractivity contribution >= 4 is 46.3 Å². The molecule has 1 aromatic heterocycles. The maximum absolute atomic E-state index is 14.2. The monoisotopic (exact) mass is 608 g/mol. The Bertz CT molecular complexity index is 1730. The molecule has 220 valence electrons. The number of aromatic nitrogens is 1. The first kappa shape index (κ1) is 29.7. The SMILES string of the molecule is CCN(CC)C(=O)C1=C(C)N=c2s/c(=C\c3cc([N+](=O)[O-])ccc3N3CCN(C)CC3)c(=O)n2[C@@H]1c1ccc(Cl)cc1. The van der Waals surface area contributed by atoms with Crippen molar-refractivity contribution in [2.45, 2.75) is 26.8 Å². The van der Waals surface area contributed by atoms with Crippen LogP contribution < -0.4 is 19.8 Å². The predicted molar refractivity (Wildman–Crippen MR) is 166 cm³/mol. The average molecular weight is 609 g/mol. The molecule has 0 spiro atoms. The number of halogens is 1. The van der Waals surface area contributed by atoms with E-state index < -0.39 is 11.0 Å². The van der Waals surface area contributed by atoms with Crippen molar-refractivity contribution in [3.05, 3.63) is 99.7 Å². The number of nitro groups is 1. The Morgan fingerprint density at radius 3 is 2.43 bits per heavy atom. The van der Waals surface area contributed by atoms with Gasteiger partial charge in [-0.2, -0.15) is 0 Å². The van der Waals surface area contributed by atoms with Crippen molar-refractivity contribution in [3.8, 4) is 0 Å². The number of carbonyl (C=O) groups is 1. The van der Waals surface area contributed by atoms with Gasteiger partial charge in [-0.15, -0.1) is 0 Å². The Balaban J connectivity index is 1.70. The number of anilines is 1. The van der Waals surface area contributed by atoms with E-state index in [9.17, 15) is 19.7 Å². The van der Waals surface area contributed by atoms with Crippen LogP contribution in [0.1, 0.15) is 37.9 Å². The molecule has 2 aliphatic rings. The van der Waals surface area contributed by atoms with Gasteiger partial charge in [-0.05, 0) is 57.7 Å². The molecule has 0 aliphatic carbocycles. The predicted octanol–water partition coefficient (Wildman–Crippen LogP) is 3.42. The number of non-ortho nitro benzene ring substituents is 1. The Labute approximate surface area is 252 Å². The number of benzene rings is 2. The molecule has 0 N–H and O–H groups in total. The van der Waals surface area contributed by atoms with Crippen LogP contribution in [0, 0.1) is 10.1 Å². The second-order valence-corrected chi connectivity index (χ2v) is 11.8. The van der Waals surface area contributed by atoms with E-state index in [4.69, 9.17) is 16.6 Å². The molecule has 42 heavy (non-hydrogen) atoms. The topological polar surface area (TPSA) is 104 Å². The summed E-state index contributed by atoms with van der Waals surface area (Å²) in [5, 5.41) is 12.2. The van der Waals surface area contributed by atoms with Crippen LogP contribution in [0.5, 0.6) is 0 Å². The van der Waals surface area contributed by atoms with E-state index in [2.05, 4.69) is 16.8 Å². The Kier molecular flexibility index (Phi) is 8.63. The molecule has 0 bridgehead atoms. The summed E-state index contributed by atoms with van der Waals surface area (Å²) in [5.74, 6) is -0.175. The molecule has 10 nitrogen and oxygen atoms in total. The number of amides is 1. The molecule has 2 aromatic carbocycles. The number of allylic oxidation sites excluding steroid dienone is 1. The highest BCUT2D eigenvalue weighted by atomic mass is 35.5. The molecular weight excluding hydrogens is 576 g/mol. The van der Waals surface area contributed by atoms with Crippen molar-refractivity contribution in [3.63, 3.8) is 0 Å². The van der Waals surface area contributed by atoms with Gasteiger partial charge in [0.15, 0.2) is 4.80 Å². The standard InChI is InChI=1S/C30H33ClN6O4S/c1-5-34(6-2)29(39)26-19(3)32-30-36(27(26)20-7-9-22(31)10-8-20)28(38)25(42-30)18-21-17-23(37(40)41)11-12-24(21)35-15-13-33(4)14-16-35/h7-12,17-18,27H,5-6,13-16H2,1-4H3/b25-18-/t27-/m1/s1. The third-order valence-corrected chi connectivity index (χ3v) is 9.08. The first-order chi connectivity index (χ1) is 20.1. The summed E-state index contributed by atoms with van der Waals surface area (Å²) in [7, 11) is 2.06. The third kappa shape index (κ3) is 5.64. The highest BCUT2D eigenvalue weighted by Gasteiger charge is 2.34. The van der Waals surface area contributed by atoms with Gasteiger partial charge in [0.25, 0.3) is 17.2 Å². The fourth-order valence-corrected chi connectivity index (χ4v) is 6.65. The molecule has 3 aromatic rings. The normalized spacial score (nSPS) is 17.7. The molecule has 2 aliphatic heterocycles. The molecule has 12 heteroatoms. The smallest absolute Gasteiger partial charge is 0.271 e. The second-order valence-electron chi connectivity index (χ2n) is 10.4. The fraction of sp³-hybridized carbons (Fsp3) is 0.367. The minimum Gasteiger partial charge on any atom is -0.368 e. The number of rotatable bonds is 7. The van der Waals surface area contributed by atoms with Gasteiger partial charge in [-0.3, -0.25) is 24.3 Å². The minimum atomic E-state index is -0.698. The lowest BCUT2D eigenvalue weighted by atomic mass is 9.94. The van der Waals surface area contributed by atoms with Crippen molar-refractivity contribution in [2.75, 3.05) is 51.2 Å². The fourth-order valence-electron chi connectivity index (χ4n) is 5.48. The Morgan fingerprint density at radius 1 is 1.14 bits per heavy atom. The molecule has 0 radical (unpaired) electrons. The van der Waals surface area contributed by atoms with Gasteiger partial charge in [-0.1, -0.05) is 35.1 Å². The second kappa shape index (κ2) is 12.2. The van der Waals surface area contributed by atoms with E-state index >= 15 is 0 Å². The Hall–Kier alpha value is -3.80. The van der Waals surface area contributed by atoms with Gasteiger partial charge < -0.3 is 14.7 Å². The van der Waals surface area contributed by atoms with Crippen LogP contribution >= 0.6 is 22.9 Å². The zero-order valence-corrected chi connectivity index (χ0v) is 25.6. The molecule has 0 saturated carbocycles. The van der Waals surface area contributed by atoms with Gasteiger partial charge in [0.1, 0.15) is 0 Å². The number of nitrogens with zero attached hydrogens (tertiary/aromatic N) is 6. The third-order valence-electron chi connectivity index (χ3n) is 7.84. The van der Waals surface area contributed by atoms with Crippen molar-refractivity contribution in [2.24, 2.45) is 4.99 Å². The van der Waals surface area contributed by atoms with Crippen LogP contribution in [0.25, 0.3) is 6.08 Å². The molecule has 1 atom stereocenters. The van der Waals surface area contributed by atoms with Gasteiger partial charge in [-0.25, -0.2) is 4.99 Å². The molecule has 1 saturated heterocycles. The molecule has 5 rings (SSSR count). The number of nitro benzene ring substituents is 1. The van der Waals surface area contributed by atoms with Crippen LogP contribution in [0.3, 0.4) is 0 Å². The number of hydrogen-bond acceptors (Lipinski definition) is 8. The van der Waals surface area contributed by atoms with Crippen molar-refractivity contribution < 1.29 is 9.72 Å². The van der Waals surface area contributed by atoms with Gasteiger partial charge in [0.2, 0.25) is 0 Å². The first-order valence-corrected chi connectivity index (χ1v) is 15.1. The van der Waals surface area contributed by atoms with E-state index in [0.29, 0.717) is 44.3 Å². The van der Waals surface area contributed by atoms with Crippen molar-refractivity contribution in [1.29, 1.82) is 0 Å². The van der Waals surface area contributed by atoms with Gasteiger partial charge in [0.05, 0.1) is 26.8 Å². The minimum absolute atomic E-state index is 0.0473. The molecule has 3 heterocycles. The lowest BCUT2D eigenvalue weighted by Gasteiger charge is -2.34. The summed E-state index contributed by atoms with van der Waals surface area (Å²) in [5.41, 5.74) is 2.80. The van der Waals surface area contributed by atoms with Crippen LogP contribution in [0.15, 0.2) is 63.5 Å². The highest BCUT2D eigenvalue weighted by molar-refractivity contribution is 7.07. The summed E-state index contributed by atoms with van der Waals surface area (Å²) in [6, 6.07) is 11.2. The lowest BCUT2D eigenvalue weighted by Crippen LogP contribution is -2.44. The number of hydrogen-bond donors (Lipinski definition) is 0. The molecule has 0 unspecified atom stereocenters. The summed E-state index contributed by atoms with van der Waals surface area (Å²) in [6.07, 6.45) is 1.72. The largest absolute Gasteiger partial charge is 0.368 e. The molecule has 1 fully saturated rings. The molecular formula is C30H33ClN6O4S. The van der Waals surface area contributed by atoms with Crippen LogP contribution in [-0.4, -0.2) is 71.5 Å². The van der Waals surface area contributed by atoms with E-state index in [1.807, 2.05) is 26.0 Å². The number of likely N-dealkylation sites (N-methyl/N-ethyl adjacent to an activating group) is 2. The average Bonchev–Trinajstić information content (AvgIpc) is 3.27. The summed E-state index contributed by atoms with van der Waals surface area (Å²) >= 11 is 7.40. The van der Waals surface area contributed by atoms with Crippen molar-refractivity contribution in [1.82, 2.24) is 14.4 Å². The highest BCUT2D eigenvalue weighted by Crippen LogP contribution is 2.32. The van der Waals surface area contributed by atoms with Crippen LogP contribution in [-0.2, 0) is 4.79 Å². The number of fused-ring (bicyclic) bond motifs is 1. The molecule has 1 amide bonds. The maximum atomic E-state index is 14.2. The summed E-state index contributed by atoms with van der Waals surface area (Å²) in [4.78, 5) is 50.5. The van der Waals surface area contributed by atoms with E-state index in [1.165, 1.54) is 23.5 Å². The zero-order valence-electron chi connectivity index (χ0n) is 24.0. The van der Waals surface area contributed by atoms with Crippen LogP contribution in [0.2, 0.25) is 5.02 Å². The van der Waals surface area contributed by atoms with E-state index in [-0.39, 0.29) is 17.2 Å². The maximum Gasteiger partial charge on any atom is 0.271 e. The van der Waals surface area contributed by atoms with E-state index in [1.54, 1.807) is 40.7 Å². The van der Waals surface area contributed by atoms with Crippen LogP contribution in [0.4, 0.5) is 11.4 Å². The number of piperazine rings is 1. The summed E-state index contributed by atoms with van der Waals surface area (Å²) in [6.45, 7) is 9.93. The summed E-state index contributed by atoms with van der Waals surface area (Å²) < 4.78 is 1.95. The quantitative estimate of drug-likeness (QED) is 0.301. The van der Waals surface area contributed by atoms with E-state index in [0.717, 1.165) is 37.4 Å².